The largest absolute Gasteiger partial charge is 0.384 e. The van der Waals surface area contributed by atoms with Crippen LogP contribution in [-0.4, -0.2) is 17.6 Å². The molecule has 1 unspecified atom stereocenters. The van der Waals surface area contributed by atoms with Gasteiger partial charge in [-0.3, -0.25) is 4.79 Å². The molecule has 1 atom stereocenters. The van der Waals surface area contributed by atoms with Gasteiger partial charge in [-0.25, -0.2) is 4.39 Å². The number of halogens is 1. The van der Waals surface area contributed by atoms with Crippen molar-refractivity contribution in [1.29, 1.82) is 0 Å². The highest BCUT2D eigenvalue weighted by molar-refractivity contribution is 5.96. The Labute approximate surface area is 122 Å². The average molecular weight is 285 g/mol. The number of hydrogen-bond acceptors (Lipinski definition) is 2. The van der Waals surface area contributed by atoms with E-state index in [1.807, 2.05) is 13.0 Å². The van der Waals surface area contributed by atoms with E-state index in [4.69, 9.17) is 0 Å². The van der Waals surface area contributed by atoms with Gasteiger partial charge in [0, 0.05) is 12.1 Å². The first-order valence-corrected chi connectivity index (χ1v) is 6.91. The van der Waals surface area contributed by atoms with Crippen molar-refractivity contribution in [3.63, 3.8) is 0 Å². The third kappa shape index (κ3) is 2.54. The number of aryl methyl sites for hydroxylation is 1. The fraction of sp³-hybridized carbons (Fsp3) is 0.235. The van der Waals surface area contributed by atoms with Crippen molar-refractivity contribution in [1.82, 2.24) is 5.32 Å². The molecule has 1 amide bonds. The molecular formula is C17H16FNO2. The molecule has 0 saturated carbocycles. The van der Waals surface area contributed by atoms with Gasteiger partial charge in [-0.1, -0.05) is 18.2 Å². The van der Waals surface area contributed by atoms with E-state index in [0.717, 1.165) is 17.5 Å². The number of aliphatic hydroxyl groups excluding tert-OH is 1. The summed E-state index contributed by atoms with van der Waals surface area (Å²) in [5, 5.41) is 13.3. The van der Waals surface area contributed by atoms with E-state index in [9.17, 15) is 14.3 Å². The molecule has 1 heterocycles. The molecule has 1 aliphatic heterocycles. The summed E-state index contributed by atoms with van der Waals surface area (Å²) < 4.78 is 13.4. The molecule has 3 nitrogen and oxygen atoms in total. The topological polar surface area (TPSA) is 49.3 Å². The van der Waals surface area contributed by atoms with Gasteiger partial charge in [0.05, 0.1) is 0 Å². The highest BCUT2D eigenvalue weighted by Crippen LogP contribution is 2.28. The second kappa shape index (κ2) is 5.30. The maximum absolute atomic E-state index is 13.4. The number of carbonyl (C=O) groups is 1. The van der Waals surface area contributed by atoms with E-state index in [-0.39, 0.29) is 11.7 Å². The average Bonchev–Trinajstić information content (AvgIpc) is 2.49. The summed E-state index contributed by atoms with van der Waals surface area (Å²) >= 11 is 0. The molecule has 2 N–H and O–H groups in total. The SMILES string of the molecule is Cc1ccc(F)cc1C(O)c1ccc2c(c1)C(=O)NCC2. The normalized spacial score (nSPS) is 15.3. The van der Waals surface area contributed by atoms with E-state index < -0.39 is 6.10 Å². The summed E-state index contributed by atoms with van der Waals surface area (Å²) in [5.41, 5.74) is 3.49. The summed E-state index contributed by atoms with van der Waals surface area (Å²) in [6, 6.07) is 9.69. The van der Waals surface area contributed by atoms with Crippen LogP contribution in [0.2, 0.25) is 0 Å². The molecule has 0 bridgehead atoms. The first kappa shape index (κ1) is 13.8. The van der Waals surface area contributed by atoms with E-state index in [1.54, 1.807) is 18.2 Å². The number of hydrogen-bond donors (Lipinski definition) is 2. The van der Waals surface area contributed by atoms with Crippen LogP contribution in [0.25, 0.3) is 0 Å². The number of aliphatic hydroxyl groups is 1. The van der Waals surface area contributed by atoms with Gasteiger partial charge in [-0.2, -0.15) is 0 Å². The lowest BCUT2D eigenvalue weighted by Gasteiger charge is -2.20. The summed E-state index contributed by atoms with van der Waals surface area (Å²) in [6.07, 6.45) is -0.156. The monoisotopic (exact) mass is 285 g/mol. The summed E-state index contributed by atoms with van der Waals surface area (Å²) in [6.45, 7) is 2.46. The van der Waals surface area contributed by atoms with Gasteiger partial charge >= 0.3 is 0 Å². The molecule has 0 aliphatic carbocycles. The third-order valence-electron chi connectivity index (χ3n) is 3.91. The standard InChI is InChI=1S/C17H16FNO2/c1-10-2-5-13(18)9-14(10)16(20)12-4-3-11-6-7-19-17(21)15(11)8-12/h2-5,8-9,16,20H,6-7H2,1H3,(H,19,21). The Hall–Kier alpha value is -2.20. The zero-order valence-electron chi connectivity index (χ0n) is 11.7. The van der Waals surface area contributed by atoms with Gasteiger partial charge in [-0.05, 0) is 53.8 Å². The van der Waals surface area contributed by atoms with E-state index in [2.05, 4.69) is 5.32 Å². The van der Waals surface area contributed by atoms with Gasteiger partial charge in [0.15, 0.2) is 0 Å². The first-order valence-electron chi connectivity index (χ1n) is 6.91. The Morgan fingerprint density at radius 2 is 2.05 bits per heavy atom. The van der Waals surface area contributed by atoms with Crippen LogP contribution in [0.1, 0.15) is 38.7 Å². The number of nitrogens with one attached hydrogen (secondary N) is 1. The molecule has 1 aliphatic rings. The molecule has 0 fully saturated rings. The van der Waals surface area contributed by atoms with Crippen LogP contribution in [0.3, 0.4) is 0 Å². The smallest absolute Gasteiger partial charge is 0.251 e. The molecule has 4 heteroatoms. The van der Waals surface area contributed by atoms with Crippen molar-refractivity contribution in [2.75, 3.05) is 6.54 Å². The van der Waals surface area contributed by atoms with E-state index >= 15 is 0 Å². The minimum absolute atomic E-state index is 0.124. The number of amides is 1. The summed E-state index contributed by atoms with van der Waals surface area (Å²) in [4.78, 5) is 11.9. The van der Waals surface area contributed by atoms with Gasteiger partial charge in [0.2, 0.25) is 0 Å². The zero-order valence-corrected chi connectivity index (χ0v) is 11.7. The number of fused-ring (bicyclic) bond motifs is 1. The lowest BCUT2D eigenvalue weighted by Crippen LogP contribution is -2.31. The Balaban J connectivity index is 2.02. The van der Waals surface area contributed by atoms with Gasteiger partial charge in [-0.15, -0.1) is 0 Å². The zero-order chi connectivity index (χ0) is 15.0. The number of benzene rings is 2. The highest BCUT2D eigenvalue weighted by Gasteiger charge is 2.20. The van der Waals surface area contributed by atoms with Crippen LogP contribution in [0.4, 0.5) is 4.39 Å². The van der Waals surface area contributed by atoms with E-state index in [1.165, 1.54) is 12.1 Å². The second-order valence-electron chi connectivity index (χ2n) is 5.33. The minimum Gasteiger partial charge on any atom is -0.384 e. The minimum atomic E-state index is -0.944. The molecule has 0 saturated heterocycles. The van der Waals surface area contributed by atoms with Gasteiger partial charge in [0.1, 0.15) is 11.9 Å². The number of rotatable bonds is 2. The Morgan fingerprint density at radius 1 is 1.24 bits per heavy atom. The molecule has 108 valence electrons. The van der Waals surface area contributed by atoms with Gasteiger partial charge < -0.3 is 10.4 Å². The van der Waals surface area contributed by atoms with Crippen LogP contribution < -0.4 is 5.32 Å². The molecule has 2 aromatic carbocycles. The fourth-order valence-corrected chi connectivity index (χ4v) is 2.68. The van der Waals surface area contributed by atoms with Crippen molar-refractivity contribution in [2.45, 2.75) is 19.4 Å². The van der Waals surface area contributed by atoms with Crippen LogP contribution in [0, 0.1) is 12.7 Å². The molecule has 21 heavy (non-hydrogen) atoms. The molecule has 0 aromatic heterocycles. The predicted octanol–water partition coefficient (Wildman–Crippen LogP) is 2.50. The van der Waals surface area contributed by atoms with Crippen molar-refractivity contribution in [3.05, 3.63) is 70.0 Å². The maximum Gasteiger partial charge on any atom is 0.251 e. The molecule has 0 radical (unpaired) electrons. The van der Waals surface area contributed by atoms with Crippen LogP contribution in [0.15, 0.2) is 36.4 Å². The third-order valence-corrected chi connectivity index (χ3v) is 3.91. The van der Waals surface area contributed by atoms with Crippen LogP contribution in [-0.2, 0) is 6.42 Å². The quantitative estimate of drug-likeness (QED) is 0.890. The molecular weight excluding hydrogens is 269 g/mol. The van der Waals surface area contributed by atoms with E-state index in [0.29, 0.717) is 23.2 Å². The second-order valence-corrected chi connectivity index (χ2v) is 5.33. The van der Waals surface area contributed by atoms with Crippen molar-refractivity contribution >= 4 is 5.91 Å². The van der Waals surface area contributed by atoms with Crippen molar-refractivity contribution in [2.24, 2.45) is 0 Å². The Morgan fingerprint density at radius 3 is 2.86 bits per heavy atom. The maximum atomic E-state index is 13.4. The summed E-state index contributed by atoms with van der Waals surface area (Å²) in [5.74, 6) is -0.508. The summed E-state index contributed by atoms with van der Waals surface area (Å²) in [7, 11) is 0. The highest BCUT2D eigenvalue weighted by atomic mass is 19.1. The Bertz CT molecular complexity index is 712. The van der Waals surface area contributed by atoms with Crippen molar-refractivity contribution in [3.8, 4) is 0 Å². The molecule has 3 rings (SSSR count). The molecule has 0 spiro atoms. The predicted molar refractivity (Wildman–Crippen MR) is 77.7 cm³/mol. The Kier molecular flexibility index (Phi) is 3.47. The van der Waals surface area contributed by atoms with Crippen LogP contribution >= 0.6 is 0 Å². The lowest BCUT2D eigenvalue weighted by atomic mass is 9.92. The van der Waals surface area contributed by atoms with Gasteiger partial charge in [0.25, 0.3) is 5.91 Å². The van der Waals surface area contributed by atoms with Crippen LogP contribution in [0.5, 0.6) is 0 Å². The fourth-order valence-electron chi connectivity index (χ4n) is 2.68. The number of carbonyl (C=O) groups excluding carboxylic acids is 1. The first-order chi connectivity index (χ1) is 10.1. The molecule has 2 aromatic rings. The van der Waals surface area contributed by atoms with Crippen molar-refractivity contribution < 1.29 is 14.3 Å². The lowest BCUT2D eigenvalue weighted by molar-refractivity contribution is 0.0945.